The van der Waals surface area contributed by atoms with Crippen LogP contribution in [0, 0.1) is 23.2 Å². The van der Waals surface area contributed by atoms with E-state index >= 15 is 0 Å². The van der Waals surface area contributed by atoms with Crippen molar-refractivity contribution in [3.05, 3.63) is 0 Å². The number of nitrogens with one attached hydrogen (secondary N) is 1. The summed E-state index contributed by atoms with van der Waals surface area (Å²) in [5.74, 6) is 0.660. The Kier molecular flexibility index (Phi) is 3.55. The zero-order valence-corrected chi connectivity index (χ0v) is 8.01. The van der Waals surface area contributed by atoms with Crippen molar-refractivity contribution in [3.63, 3.8) is 0 Å². The maximum Gasteiger partial charge on any atom is 0.0671 e. The monoisotopic (exact) mass is 166 g/mol. The van der Waals surface area contributed by atoms with Crippen molar-refractivity contribution in [2.45, 2.75) is 39.2 Å². The molecular weight excluding hydrogens is 148 g/mol. The molecular formula is C10H18N2. The Morgan fingerprint density at radius 1 is 1.50 bits per heavy atom. The summed E-state index contributed by atoms with van der Waals surface area (Å²) in [7, 11) is 0. The van der Waals surface area contributed by atoms with Crippen molar-refractivity contribution in [2.75, 3.05) is 6.54 Å². The molecule has 2 nitrogen and oxygen atoms in total. The van der Waals surface area contributed by atoms with Crippen LogP contribution in [0.5, 0.6) is 0 Å². The second-order valence-electron chi connectivity index (χ2n) is 4.02. The fraction of sp³-hybridized carbons (Fsp3) is 0.900. The maximum atomic E-state index is 8.81. The van der Waals surface area contributed by atoms with Crippen LogP contribution in [0.1, 0.15) is 33.1 Å². The Morgan fingerprint density at radius 3 is 2.50 bits per heavy atom. The third kappa shape index (κ3) is 2.49. The van der Waals surface area contributed by atoms with Crippen LogP contribution in [-0.2, 0) is 0 Å². The summed E-state index contributed by atoms with van der Waals surface area (Å²) >= 11 is 0. The molecule has 0 aromatic carbocycles. The van der Waals surface area contributed by atoms with Crippen LogP contribution in [-0.4, -0.2) is 12.6 Å². The third-order valence-corrected chi connectivity index (χ3v) is 2.70. The molecule has 1 unspecified atom stereocenters. The van der Waals surface area contributed by atoms with E-state index in [0.29, 0.717) is 12.0 Å². The minimum atomic E-state index is 0.186. The van der Waals surface area contributed by atoms with E-state index in [1.165, 1.54) is 19.3 Å². The lowest BCUT2D eigenvalue weighted by Gasteiger charge is -2.28. The van der Waals surface area contributed by atoms with Crippen molar-refractivity contribution in [3.8, 4) is 6.07 Å². The normalized spacial score (nSPS) is 20.2. The molecule has 0 radical (unpaired) electrons. The summed E-state index contributed by atoms with van der Waals surface area (Å²) < 4.78 is 0. The zero-order chi connectivity index (χ0) is 8.97. The number of hydrogen-bond acceptors (Lipinski definition) is 2. The molecule has 1 N–H and O–H groups in total. The largest absolute Gasteiger partial charge is 0.313 e. The molecule has 1 aliphatic carbocycles. The van der Waals surface area contributed by atoms with Gasteiger partial charge in [-0.3, -0.25) is 0 Å². The predicted octanol–water partition coefficient (Wildman–Crippen LogP) is 1.92. The molecule has 0 spiro atoms. The highest BCUT2D eigenvalue weighted by Crippen LogP contribution is 2.19. The third-order valence-electron chi connectivity index (χ3n) is 2.70. The molecule has 1 aliphatic rings. The first kappa shape index (κ1) is 9.54. The number of nitrogens with zero attached hydrogens (tertiary/aromatic N) is 1. The maximum absolute atomic E-state index is 8.81. The quantitative estimate of drug-likeness (QED) is 0.692. The summed E-state index contributed by atoms with van der Waals surface area (Å²) in [5, 5.41) is 12.2. The molecule has 0 saturated heterocycles. The summed E-state index contributed by atoms with van der Waals surface area (Å²) in [5.41, 5.74) is 0. The molecule has 0 aliphatic heterocycles. The van der Waals surface area contributed by atoms with Gasteiger partial charge < -0.3 is 5.32 Å². The predicted molar refractivity (Wildman–Crippen MR) is 49.6 cm³/mol. The second-order valence-corrected chi connectivity index (χ2v) is 4.02. The van der Waals surface area contributed by atoms with Gasteiger partial charge in [0.25, 0.3) is 0 Å². The van der Waals surface area contributed by atoms with Crippen LogP contribution in [0.25, 0.3) is 0 Å². The molecule has 0 heterocycles. The number of nitriles is 1. The molecule has 1 rings (SSSR count). The van der Waals surface area contributed by atoms with Crippen molar-refractivity contribution in [1.29, 1.82) is 5.26 Å². The molecule has 68 valence electrons. The molecule has 1 atom stereocenters. The van der Waals surface area contributed by atoms with E-state index in [0.717, 1.165) is 6.54 Å². The number of rotatable bonds is 4. The van der Waals surface area contributed by atoms with Crippen LogP contribution in [0.15, 0.2) is 0 Å². The first-order chi connectivity index (χ1) is 5.74. The van der Waals surface area contributed by atoms with Gasteiger partial charge in [-0.05, 0) is 18.8 Å². The number of hydrogen-bond donors (Lipinski definition) is 1. The first-order valence-electron chi connectivity index (χ1n) is 4.87. The standard InChI is InChI=1S/C10H18N2/c1-8(2)9(6-11)7-12-10-4-3-5-10/h8-10,12H,3-5,7H2,1-2H3. The van der Waals surface area contributed by atoms with Gasteiger partial charge in [0.15, 0.2) is 0 Å². The molecule has 1 fully saturated rings. The van der Waals surface area contributed by atoms with Crippen LogP contribution < -0.4 is 5.32 Å². The van der Waals surface area contributed by atoms with Gasteiger partial charge in [0.2, 0.25) is 0 Å². The summed E-state index contributed by atoms with van der Waals surface area (Å²) in [6.07, 6.45) is 3.96. The summed E-state index contributed by atoms with van der Waals surface area (Å²) in [6.45, 7) is 5.09. The van der Waals surface area contributed by atoms with E-state index < -0.39 is 0 Å². The lowest BCUT2D eigenvalue weighted by atomic mass is 9.91. The van der Waals surface area contributed by atoms with Gasteiger partial charge in [-0.25, -0.2) is 0 Å². The SMILES string of the molecule is CC(C)C(C#N)CNC1CCC1. The van der Waals surface area contributed by atoms with Gasteiger partial charge >= 0.3 is 0 Å². The van der Waals surface area contributed by atoms with Crippen LogP contribution in [0.2, 0.25) is 0 Å². The van der Waals surface area contributed by atoms with E-state index in [-0.39, 0.29) is 5.92 Å². The highest BCUT2D eigenvalue weighted by atomic mass is 14.9. The van der Waals surface area contributed by atoms with Crippen molar-refractivity contribution in [1.82, 2.24) is 5.32 Å². The molecule has 12 heavy (non-hydrogen) atoms. The average Bonchev–Trinajstić information content (AvgIpc) is 1.93. The smallest absolute Gasteiger partial charge is 0.0671 e. The van der Waals surface area contributed by atoms with Gasteiger partial charge in [0.05, 0.1) is 12.0 Å². The van der Waals surface area contributed by atoms with E-state index in [1.807, 2.05) is 0 Å². The second kappa shape index (κ2) is 4.47. The molecule has 0 aromatic rings. The highest BCUT2D eigenvalue weighted by Gasteiger charge is 2.19. The van der Waals surface area contributed by atoms with E-state index in [4.69, 9.17) is 5.26 Å². The van der Waals surface area contributed by atoms with Crippen LogP contribution in [0.3, 0.4) is 0 Å². The van der Waals surface area contributed by atoms with Gasteiger partial charge in [0, 0.05) is 12.6 Å². The Hall–Kier alpha value is -0.550. The Balaban J connectivity index is 2.15. The first-order valence-corrected chi connectivity index (χ1v) is 4.87. The fourth-order valence-corrected chi connectivity index (χ4v) is 1.34. The molecule has 2 heteroatoms. The Labute approximate surface area is 75.0 Å². The minimum absolute atomic E-state index is 0.186. The summed E-state index contributed by atoms with van der Waals surface area (Å²) in [4.78, 5) is 0. The zero-order valence-electron chi connectivity index (χ0n) is 8.01. The lowest BCUT2D eigenvalue weighted by Crippen LogP contribution is -2.38. The van der Waals surface area contributed by atoms with E-state index in [2.05, 4.69) is 25.2 Å². The molecule has 0 aromatic heterocycles. The van der Waals surface area contributed by atoms with Gasteiger partial charge in [-0.1, -0.05) is 20.3 Å². The van der Waals surface area contributed by atoms with Gasteiger partial charge in [-0.15, -0.1) is 0 Å². The van der Waals surface area contributed by atoms with Crippen LogP contribution in [0.4, 0.5) is 0 Å². The molecule has 1 saturated carbocycles. The van der Waals surface area contributed by atoms with Crippen molar-refractivity contribution in [2.24, 2.45) is 11.8 Å². The lowest BCUT2D eigenvalue weighted by molar-refractivity contribution is 0.312. The minimum Gasteiger partial charge on any atom is -0.313 e. The van der Waals surface area contributed by atoms with E-state index in [9.17, 15) is 0 Å². The topological polar surface area (TPSA) is 35.8 Å². The average molecular weight is 166 g/mol. The molecule has 0 bridgehead atoms. The summed E-state index contributed by atoms with van der Waals surface area (Å²) in [6, 6.07) is 3.05. The fourth-order valence-electron chi connectivity index (χ4n) is 1.34. The van der Waals surface area contributed by atoms with Gasteiger partial charge in [0.1, 0.15) is 0 Å². The van der Waals surface area contributed by atoms with Crippen molar-refractivity contribution < 1.29 is 0 Å². The molecule has 0 amide bonds. The van der Waals surface area contributed by atoms with Gasteiger partial charge in [-0.2, -0.15) is 5.26 Å². The Bertz CT molecular complexity index is 165. The highest BCUT2D eigenvalue weighted by molar-refractivity contribution is 4.88. The van der Waals surface area contributed by atoms with Crippen LogP contribution >= 0.6 is 0 Å². The van der Waals surface area contributed by atoms with Crippen molar-refractivity contribution >= 4 is 0 Å². The van der Waals surface area contributed by atoms with E-state index in [1.54, 1.807) is 0 Å². The Morgan fingerprint density at radius 2 is 2.17 bits per heavy atom.